The van der Waals surface area contributed by atoms with Crippen molar-refractivity contribution in [2.75, 3.05) is 18.4 Å². The Morgan fingerprint density at radius 3 is 2.32 bits per heavy atom. The maximum absolute atomic E-state index is 12.2. The molecule has 0 aliphatic rings. The van der Waals surface area contributed by atoms with E-state index >= 15 is 0 Å². The largest absolute Gasteiger partial charge is 0.351 e. The van der Waals surface area contributed by atoms with Crippen LogP contribution in [0.1, 0.15) is 24.2 Å². The second-order valence-corrected chi connectivity index (χ2v) is 4.34. The highest BCUT2D eigenvalue weighted by atomic mass is 16.2. The molecule has 1 rings (SSSR count). The minimum Gasteiger partial charge on any atom is -0.351 e. The third-order valence-corrected chi connectivity index (χ3v) is 2.53. The van der Waals surface area contributed by atoms with Crippen molar-refractivity contribution in [1.82, 2.24) is 4.90 Å². The minimum atomic E-state index is -0.628. The zero-order chi connectivity index (χ0) is 14.4. The van der Waals surface area contributed by atoms with E-state index in [4.69, 9.17) is 5.73 Å². The Morgan fingerprint density at radius 1 is 1.32 bits per heavy atom. The molecule has 19 heavy (non-hydrogen) atoms. The van der Waals surface area contributed by atoms with Crippen LogP contribution >= 0.6 is 0 Å². The van der Waals surface area contributed by atoms with E-state index < -0.39 is 6.03 Å². The second kappa shape index (κ2) is 6.58. The van der Waals surface area contributed by atoms with Gasteiger partial charge in [-0.25, -0.2) is 4.79 Å². The first-order chi connectivity index (χ1) is 8.93. The summed E-state index contributed by atoms with van der Waals surface area (Å²) in [5, 5.41) is 2.45. The molecule has 102 valence electrons. The van der Waals surface area contributed by atoms with Crippen LogP contribution in [0.3, 0.4) is 0 Å². The van der Waals surface area contributed by atoms with Crippen LogP contribution in [0.15, 0.2) is 36.4 Å². The van der Waals surface area contributed by atoms with Crippen molar-refractivity contribution in [3.8, 4) is 0 Å². The molecule has 0 heterocycles. The number of rotatable bonds is 5. The summed E-state index contributed by atoms with van der Waals surface area (Å²) in [5.41, 5.74) is 7.07. The van der Waals surface area contributed by atoms with E-state index in [1.165, 1.54) is 0 Å². The molecular weight excluding hydrogens is 242 g/mol. The van der Waals surface area contributed by atoms with Crippen LogP contribution in [0.25, 0.3) is 0 Å². The highest BCUT2D eigenvalue weighted by Crippen LogP contribution is 2.12. The van der Waals surface area contributed by atoms with Gasteiger partial charge in [-0.15, -0.1) is 0 Å². The smallest absolute Gasteiger partial charge is 0.316 e. The van der Waals surface area contributed by atoms with Gasteiger partial charge in [-0.2, -0.15) is 0 Å². The Bertz CT molecular complexity index is 480. The van der Waals surface area contributed by atoms with Crippen LogP contribution in [0, 0.1) is 0 Å². The predicted octanol–water partition coefficient (Wildman–Crippen LogP) is 2.22. The number of benzene rings is 1. The maximum Gasteiger partial charge on any atom is 0.316 e. The standard InChI is InChI=1S/C14H19N3O2/c1-4-17(9-10(2)3)13(18)11-5-7-12(8-6-11)16-14(15)19/h5-8H,2,4,9H2,1,3H3,(H3,15,16,19). The van der Waals surface area contributed by atoms with E-state index in [1.807, 2.05) is 13.8 Å². The first kappa shape index (κ1) is 14.8. The Morgan fingerprint density at radius 2 is 1.89 bits per heavy atom. The summed E-state index contributed by atoms with van der Waals surface area (Å²) in [4.78, 5) is 24.6. The number of urea groups is 1. The Balaban J connectivity index is 2.81. The van der Waals surface area contributed by atoms with E-state index in [0.717, 1.165) is 5.57 Å². The van der Waals surface area contributed by atoms with Gasteiger partial charge in [0.25, 0.3) is 5.91 Å². The fourth-order valence-corrected chi connectivity index (χ4v) is 1.67. The lowest BCUT2D eigenvalue weighted by atomic mass is 10.1. The lowest BCUT2D eigenvalue weighted by molar-refractivity contribution is 0.0778. The van der Waals surface area contributed by atoms with Crippen LogP contribution in [0.5, 0.6) is 0 Å². The predicted molar refractivity (Wildman–Crippen MR) is 76.0 cm³/mol. The second-order valence-electron chi connectivity index (χ2n) is 4.34. The molecule has 0 unspecified atom stereocenters. The number of amides is 3. The molecule has 0 radical (unpaired) electrons. The summed E-state index contributed by atoms with van der Waals surface area (Å²) < 4.78 is 0. The van der Waals surface area contributed by atoms with Gasteiger partial charge in [0, 0.05) is 24.3 Å². The summed E-state index contributed by atoms with van der Waals surface area (Å²) in [5.74, 6) is -0.0591. The molecule has 5 nitrogen and oxygen atoms in total. The number of nitrogens with zero attached hydrogens (tertiary/aromatic N) is 1. The van der Waals surface area contributed by atoms with Gasteiger partial charge >= 0.3 is 6.03 Å². The molecule has 5 heteroatoms. The maximum atomic E-state index is 12.2. The van der Waals surface area contributed by atoms with Crippen molar-refractivity contribution in [1.29, 1.82) is 0 Å². The van der Waals surface area contributed by atoms with E-state index in [2.05, 4.69) is 11.9 Å². The summed E-state index contributed by atoms with van der Waals surface area (Å²) in [6.07, 6.45) is 0. The number of likely N-dealkylation sites (N-methyl/N-ethyl adjacent to an activating group) is 1. The zero-order valence-electron chi connectivity index (χ0n) is 11.3. The molecule has 1 aromatic rings. The zero-order valence-corrected chi connectivity index (χ0v) is 11.3. The van der Waals surface area contributed by atoms with Gasteiger partial charge in [0.1, 0.15) is 0 Å². The Labute approximate surface area is 113 Å². The molecule has 0 saturated carbocycles. The normalized spacial score (nSPS) is 9.79. The van der Waals surface area contributed by atoms with Crippen molar-refractivity contribution in [3.63, 3.8) is 0 Å². The van der Waals surface area contributed by atoms with Gasteiger partial charge in [0.2, 0.25) is 0 Å². The fraction of sp³-hybridized carbons (Fsp3) is 0.286. The number of hydrogen-bond donors (Lipinski definition) is 2. The summed E-state index contributed by atoms with van der Waals surface area (Å²) in [7, 11) is 0. The molecule has 3 amide bonds. The van der Waals surface area contributed by atoms with E-state index in [1.54, 1.807) is 29.2 Å². The molecule has 3 N–H and O–H groups in total. The van der Waals surface area contributed by atoms with Crippen LogP contribution in [-0.4, -0.2) is 29.9 Å². The number of nitrogens with two attached hydrogens (primary N) is 1. The van der Waals surface area contributed by atoms with Gasteiger partial charge in [-0.05, 0) is 38.1 Å². The molecule has 0 bridgehead atoms. The van der Waals surface area contributed by atoms with E-state index in [-0.39, 0.29) is 5.91 Å². The number of carbonyl (C=O) groups excluding carboxylic acids is 2. The molecule has 0 aliphatic heterocycles. The molecule has 1 aromatic carbocycles. The van der Waals surface area contributed by atoms with Crippen LogP contribution < -0.4 is 11.1 Å². The number of carbonyl (C=O) groups is 2. The molecule has 0 atom stereocenters. The molecule has 0 saturated heterocycles. The first-order valence-corrected chi connectivity index (χ1v) is 6.04. The van der Waals surface area contributed by atoms with Crippen LogP contribution in [0.2, 0.25) is 0 Å². The molecule has 0 aliphatic carbocycles. The molecule has 0 aromatic heterocycles. The van der Waals surface area contributed by atoms with Crippen molar-refractivity contribution in [2.24, 2.45) is 5.73 Å². The molecular formula is C14H19N3O2. The number of anilines is 1. The van der Waals surface area contributed by atoms with Crippen molar-refractivity contribution < 1.29 is 9.59 Å². The van der Waals surface area contributed by atoms with Gasteiger partial charge in [0.15, 0.2) is 0 Å². The highest BCUT2D eigenvalue weighted by molar-refractivity contribution is 5.95. The average molecular weight is 261 g/mol. The quantitative estimate of drug-likeness (QED) is 0.797. The van der Waals surface area contributed by atoms with Gasteiger partial charge < -0.3 is 16.0 Å². The summed E-state index contributed by atoms with van der Waals surface area (Å²) in [6.45, 7) is 8.77. The number of nitrogens with one attached hydrogen (secondary N) is 1. The SMILES string of the molecule is C=C(C)CN(CC)C(=O)c1ccc(NC(N)=O)cc1. The number of hydrogen-bond acceptors (Lipinski definition) is 2. The third-order valence-electron chi connectivity index (χ3n) is 2.53. The van der Waals surface area contributed by atoms with Gasteiger partial charge in [-0.3, -0.25) is 4.79 Å². The molecule has 0 spiro atoms. The Hall–Kier alpha value is -2.30. The van der Waals surface area contributed by atoms with Crippen molar-refractivity contribution >= 4 is 17.6 Å². The van der Waals surface area contributed by atoms with E-state index in [9.17, 15) is 9.59 Å². The summed E-state index contributed by atoms with van der Waals surface area (Å²) >= 11 is 0. The van der Waals surface area contributed by atoms with Crippen LogP contribution in [-0.2, 0) is 0 Å². The fourth-order valence-electron chi connectivity index (χ4n) is 1.67. The van der Waals surface area contributed by atoms with Crippen molar-refractivity contribution in [3.05, 3.63) is 42.0 Å². The van der Waals surface area contributed by atoms with Crippen LogP contribution in [0.4, 0.5) is 10.5 Å². The topological polar surface area (TPSA) is 75.4 Å². The Kier molecular flexibility index (Phi) is 5.11. The molecule has 0 fully saturated rings. The first-order valence-electron chi connectivity index (χ1n) is 6.04. The average Bonchev–Trinajstić information content (AvgIpc) is 2.35. The summed E-state index contributed by atoms with van der Waals surface area (Å²) in [6, 6.07) is 5.99. The number of primary amides is 1. The van der Waals surface area contributed by atoms with Gasteiger partial charge in [0.05, 0.1) is 0 Å². The monoisotopic (exact) mass is 261 g/mol. The highest BCUT2D eigenvalue weighted by Gasteiger charge is 2.13. The minimum absolute atomic E-state index is 0.0591. The lowest BCUT2D eigenvalue weighted by Gasteiger charge is -2.21. The van der Waals surface area contributed by atoms with Gasteiger partial charge in [-0.1, -0.05) is 12.2 Å². The third kappa shape index (κ3) is 4.46. The lowest BCUT2D eigenvalue weighted by Crippen LogP contribution is -2.32. The van der Waals surface area contributed by atoms with Crippen molar-refractivity contribution in [2.45, 2.75) is 13.8 Å². The van der Waals surface area contributed by atoms with E-state index in [0.29, 0.717) is 24.3 Å².